The molecule has 0 fully saturated rings. The molecule has 6 nitrogen and oxygen atoms in total. The summed E-state index contributed by atoms with van der Waals surface area (Å²) in [6.07, 6.45) is 0. The van der Waals surface area contributed by atoms with Gasteiger partial charge in [0.2, 0.25) is 0 Å². The summed E-state index contributed by atoms with van der Waals surface area (Å²) in [5, 5.41) is 0. The summed E-state index contributed by atoms with van der Waals surface area (Å²) < 4.78 is 5.22. The quantitative estimate of drug-likeness (QED) is 0.566. The Balaban J connectivity index is 3.23. The van der Waals surface area contributed by atoms with Crippen LogP contribution in [0.15, 0.2) is 0 Å². The van der Waals surface area contributed by atoms with Gasteiger partial charge in [-0.2, -0.15) is 0 Å². The number of nitrogens with two attached hydrogens (primary N) is 1. The summed E-state index contributed by atoms with van der Waals surface area (Å²) in [6, 6.07) is 0. The molecule has 0 bridgehead atoms. The van der Waals surface area contributed by atoms with E-state index in [4.69, 9.17) is 15.6 Å². The predicted octanol–water partition coefficient (Wildman–Crippen LogP) is 2.30. The Kier molecular flexibility index (Phi) is 6.84. The third-order valence-corrected chi connectivity index (χ3v) is 3.24. The van der Waals surface area contributed by atoms with Crippen LogP contribution in [-0.4, -0.2) is 36.8 Å². The monoisotopic (exact) mass is 295 g/mol. The molecule has 6 heteroatoms. The van der Waals surface area contributed by atoms with Crippen LogP contribution in [0.1, 0.15) is 45.0 Å². The first kappa shape index (κ1) is 17.7. The van der Waals surface area contributed by atoms with Gasteiger partial charge >= 0.3 is 0 Å². The molecule has 0 saturated carbocycles. The van der Waals surface area contributed by atoms with Gasteiger partial charge in [0.1, 0.15) is 17.5 Å². The average Bonchev–Trinajstić information content (AvgIpc) is 2.43. The van der Waals surface area contributed by atoms with Crippen LogP contribution >= 0.6 is 0 Å². The fourth-order valence-corrected chi connectivity index (χ4v) is 2.15. The van der Waals surface area contributed by atoms with Gasteiger partial charge < -0.3 is 15.1 Å². The molecule has 0 unspecified atom stereocenters. The lowest BCUT2D eigenvalue weighted by atomic mass is 10.1. The third-order valence-electron chi connectivity index (χ3n) is 3.24. The maximum atomic E-state index is 5.61. The van der Waals surface area contributed by atoms with Gasteiger partial charge in [-0.3, -0.25) is 0 Å². The summed E-state index contributed by atoms with van der Waals surface area (Å²) in [4.78, 5) is 11.5. The molecule has 21 heavy (non-hydrogen) atoms. The van der Waals surface area contributed by atoms with Gasteiger partial charge in [-0.15, -0.1) is 0 Å². The molecular weight excluding hydrogens is 266 g/mol. The van der Waals surface area contributed by atoms with Gasteiger partial charge in [-0.1, -0.05) is 27.7 Å². The Morgan fingerprint density at radius 1 is 1.24 bits per heavy atom. The van der Waals surface area contributed by atoms with Crippen LogP contribution in [0.2, 0.25) is 0 Å². The van der Waals surface area contributed by atoms with Gasteiger partial charge in [0.05, 0.1) is 6.61 Å². The number of rotatable bonds is 8. The molecule has 1 aromatic heterocycles. The highest BCUT2D eigenvalue weighted by atomic mass is 16.5. The summed E-state index contributed by atoms with van der Waals surface area (Å²) in [5.41, 5.74) is 3.66. The zero-order chi connectivity index (χ0) is 16.0. The lowest BCUT2D eigenvalue weighted by molar-refractivity contribution is 0.204. The van der Waals surface area contributed by atoms with E-state index in [1.54, 1.807) is 7.11 Å². The number of nitrogen functional groups attached to an aromatic ring is 1. The van der Waals surface area contributed by atoms with Crippen molar-refractivity contribution in [2.45, 2.75) is 40.5 Å². The van der Waals surface area contributed by atoms with E-state index in [1.165, 1.54) is 0 Å². The minimum Gasteiger partial charge on any atom is -0.383 e. The fourth-order valence-electron chi connectivity index (χ4n) is 2.15. The SMILES string of the molecule is COCCN(CC(C)C)c1nc(C(C)C)nc(NN)c1C. The first-order valence-corrected chi connectivity index (χ1v) is 7.49. The smallest absolute Gasteiger partial charge is 0.148 e. The first-order chi connectivity index (χ1) is 9.90. The number of ether oxygens (including phenoxy) is 1. The number of nitrogens with one attached hydrogen (secondary N) is 1. The molecule has 120 valence electrons. The van der Waals surface area contributed by atoms with Crippen LogP contribution in [0, 0.1) is 12.8 Å². The zero-order valence-corrected chi connectivity index (χ0v) is 14.1. The molecule has 0 aliphatic heterocycles. The fraction of sp³-hybridized carbons (Fsp3) is 0.733. The van der Waals surface area contributed by atoms with E-state index in [0.29, 0.717) is 18.3 Å². The van der Waals surface area contributed by atoms with Crippen LogP contribution in [0.3, 0.4) is 0 Å². The highest BCUT2D eigenvalue weighted by Crippen LogP contribution is 2.26. The maximum Gasteiger partial charge on any atom is 0.148 e. The van der Waals surface area contributed by atoms with Crippen molar-refractivity contribution in [3.8, 4) is 0 Å². The van der Waals surface area contributed by atoms with E-state index in [-0.39, 0.29) is 5.92 Å². The van der Waals surface area contributed by atoms with Crippen LogP contribution in [0.4, 0.5) is 11.6 Å². The third kappa shape index (κ3) is 4.82. The largest absolute Gasteiger partial charge is 0.383 e. The molecule has 0 radical (unpaired) electrons. The van der Waals surface area contributed by atoms with E-state index in [0.717, 1.165) is 30.3 Å². The number of nitrogens with zero attached hydrogens (tertiary/aromatic N) is 3. The van der Waals surface area contributed by atoms with Gasteiger partial charge in [0, 0.05) is 31.7 Å². The molecule has 3 N–H and O–H groups in total. The standard InChI is InChI=1S/C15H29N5O/c1-10(2)9-20(7-8-21-6)15-12(5)14(19-16)17-13(18-15)11(3)4/h10-11H,7-9,16H2,1-6H3,(H,17,18,19). The lowest BCUT2D eigenvalue weighted by Crippen LogP contribution is -2.33. The van der Waals surface area contributed by atoms with Gasteiger partial charge in [0.15, 0.2) is 0 Å². The first-order valence-electron chi connectivity index (χ1n) is 7.49. The van der Waals surface area contributed by atoms with Crippen LogP contribution in [-0.2, 0) is 4.74 Å². The Labute approximate surface area is 128 Å². The second-order valence-electron chi connectivity index (χ2n) is 6.01. The van der Waals surface area contributed by atoms with Gasteiger partial charge in [0.25, 0.3) is 0 Å². The van der Waals surface area contributed by atoms with Crippen molar-refractivity contribution in [2.75, 3.05) is 37.1 Å². The summed E-state index contributed by atoms with van der Waals surface area (Å²) >= 11 is 0. The minimum atomic E-state index is 0.250. The molecule has 1 aromatic rings. The molecule has 1 heterocycles. The lowest BCUT2D eigenvalue weighted by Gasteiger charge is -2.28. The van der Waals surface area contributed by atoms with E-state index in [9.17, 15) is 0 Å². The molecule has 0 aliphatic carbocycles. The number of aromatic nitrogens is 2. The van der Waals surface area contributed by atoms with Crippen LogP contribution in [0.25, 0.3) is 0 Å². The van der Waals surface area contributed by atoms with Crippen molar-refractivity contribution < 1.29 is 4.74 Å². The highest BCUT2D eigenvalue weighted by Gasteiger charge is 2.18. The number of hydrogen-bond donors (Lipinski definition) is 2. The number of hydrogen-bond acceptors (Lipinski definition) is 6. The van der Waals surface area contributed by atoms with Crippen molar-refractivity contribution in [3.63, 3.8) is 0 Å². The summed E-state index contributed by atoms with van der Waals surface area (Å²) in [7, 11) is 1.72. The topological polar surface area (TPSA) is 76.3 Å². The maximum absolute atomic E-state index is 5.61. The number of methoxy groups -OCH3 is 1. The normalized spacial score (nSPS) is 11.3. The van der Waals surface area contributed by atoms with Crippen molar-refractivity contribution >= 4 is 11.6 Å². The number of hydrazine groups is 1. The predicted molar refractivity (Wildman–Crippen MR) is 87.6 cm³/mol. The zero-order valence-electron chi connectivity index (χ0n) is 14.1. The Morgan fingerprint density at radius 3 is 2.38 bits per heavy atom. The number of anilines is 2. The van der Waals surface area contributed by atoms with E-state index in [2.05, 4.69) is 43.0 Å². The minimum absolute atomic E-state index is 0.250. The second kappa shape index (κ2) is 8.14. The molecule has 0 atom stereocenters. The molecular formula is C15H29N5O. The molecule has 0 spiro atoms. The highest BCUT2D eigenvalue weighted by molar-refractivity contribution is 5.58. The molecule has 1 rings (SSSR count). The Hall–Kier alpha value is -1.40. The Morgan fingerprint density at radius 2 is 1.90 bits per heavy atom. The van der Waals surface area contributed by atoms with E-state index >= 15 is 0 Å². The van der Waals surface area contributed by atoms with Crippen LogP contribution < -0.4 is 16.2 Å². The van der Waals surface area contributed by atoms with Crippen molar-refractivity contribution in [1.82, 2.24) is 9.97 Å². The second-order valence-corrected chi connectivity index (χ2v) is 6.01. The van der Waals surface area contributed by atoms with Gasteiger partial charge in [-0.05, 0) is 12.8 Å². The van der Waals surface area contributed by atoms with E-state index < -0.39 is 0 Å². The summed E-state index contributed by atoms with van der Waals surface area (Å²) in [6.45, 7) is 12.9. The molecule has 0 aromatic carbocycles. The van der Waals surface area contributed by atoms with Crippen molar-refractivity contribution in [1.29, 1.82) is 0 Å². The van der Waals surface area contributed by atoms with E-state index in [1.807, 2.05) is 6.92 Å². The van der Waals surface area contributed by atoms with Crippen molar-refractivity contribution in [3.05, 3.63) is 11.4 Å². The average molecular weight is 295 g/mol. The Bertz CT molecular complexity index is 448. The van der Waals surface area contributed by atoms with Crippen LogP contribution in [0.5, 0.6) is 0 Å². The van der Waals surface area contributed by atoms with Gasteiger partial charge in [-0.25, -0.2) is 15.8 Å². The molecule has 0 saturated heterocycles. The molecule has 0 aliphatic rings. The molecule has 0 amide bonds. The van der Waals surface area contributed by atoms with Crippen molar-refractivity contribution in [2.24, 2.45) is 11.8 Å². The summed E-state index contributed by atoms with van der Waals surface area (Å²) in [5.74, 6) is 8.82.